The van der Waals surface area contributed by atoms with Gasteiger partial charge < -0.3 is 14.4 Å². The molecule has 1 saturated heterocycles. The summed E-state index contributed by atoms with van der Waals surface area (Å²) in [6.07, 6.45) is 0.833. The normalized spacial score (nSPS) is 20.0. The van der Waals surface area contributed by atoms with Gasteiger partial charge in [0.05, 0.1) is 20.3 Å². The average Bonchev–Trinajstić information content (AvgIpc) is 2.78. The molecule has 2 aliphatic rings. The summed E-state index contributed by atoms with van der Waals surface area (Å²) in [6.45, 7) is 4.30. The number of Topliss-reactive ketones (excluding diaryl/α,β-unsaturated/α-hetero) is 2. The minimum atomic E-state index is -0.325. The molecule has 6 nitrogen and oxygen atoms in total. The standard InChI is InChI=1S/C23H27NO5S/c1-5-19(25)24-10-11-30-13-18(24)16-8-6-15(7-9-16)12-17-14(2)20(26)22(28-3)23(29-4)21(17)27/h6-9,18H,5,10-13H2,1-4H3. The number of methoxy groups -OCH3 is 2. The van der Waals surface area contributed by atoms with Crippen LogP contribution in [0.25, 0.3) is 0 Å². The van der Waals surface area contributed by atoms with Crippen molar-refractivity contribution in [1.29, 1.82) is 0 Å². The van der Waals surface area contributed by atoms with E-state index in [1.807, 2.05) is 47.9 Å². The highest BCUT2D eigenvalue weighted by Gasteiger charge is 2.34. The van der Waals surface area contributed by atoms with Gasteiger partial charge in [-0.05, 0) is 18.1 Å². The first kappa shape index (κ1) is 22.2. The Morgan fingerprint density at radius 2 is 1.73 bits per heavy atom. The SMILES string of the molecule is CCC(=O)N1CCSCC1c1ccc(CC2=C(C)C(=O)C(OC)=C(OC)C2=O)cc1. The molecule has 30 heavy (non-hydrogen) atoms. The number of carbonyl (C=O) groups excluding carboxylic acids is 3. The lowest BCUT2D eigenvalue weighted by molar-refractivity contribution is -0.132. The quantitative estimate of drug-likeness (QED) is 0.647. The summed E-state index contributed by atoms with van der Waals surface area (Å²) in [7, 11) is 2.71. The molecule has 0 spiro atoms. The van der Waals surface area contributed by atoms with E-state index in [2.05, 4.69) is 0 Å². The Labute approximate surface area is 181 Å². The van der Waals surface area contributed by atoms with E-state index in [1.165, 1.54) is 14.2 Å². The van der Waals surface area contributed by atoms with Gasteiger partial charge in [0.1, 0.15) is 0 Å². The summed E-state index contributed by atoms with van der Waals surface area (Å²) in [4.78, 5) is 39.6. The number of ketones is 2. The van der Waals surface area contributed by atoms with Crippen molar-refractivity contribution in [3.05, 3.63) is 58.1 Å². The Balaban J connectivity index is 1.82. The first-order chi connectivity index (χ1) is 14.4. The zero-order valence-corrected chi connectivity index (χ0v) is 18.6. The number of rotatable bonds is 6. The lowest BCUT2D eigenvalue weighted by atomic mass is 9.88. The Bertz CT molecular complexity index is 916. The van der Waals surface area contributed by atoms with Crippen molar-refractivity contribution in [2.75, 3.05) is 32.3 Å². The van der Waals surface area contributed by atoms with E-state index in [9.17, 15) is 14.4 Å². The Kier molecular flexibility index (Phi) is 7.02. The molecule has 1 atom stereocenters. The van der Waals surface area contributed by atoms with E-state index >= 15 is 0 Å². The minimum absolute atomic E-state index is 0.0467. The summed E-state index contributed by atoms with van der Waals surface area (Å²) in [6, 6.07) is 8.02. The van der Waals surface area contributed by atoms with Crippen LogP contribution in [-0.4, -0.2) is 54.6 Å². The van der Waals surface area contributed by atoms with E-state index in [0.29, 0.717) is 24.0 Å². The largest absolute Gasteiger partial charge is 0.489 e. The number of hydrogen-bond acceptors (Lipinski definition) is 6. The van der Waals surface area contributed by atoms with Crippen LogP contribution in [0, 0.1) is 0 Å². The molecule has 0 aromatic heterocycles. The van der Waals surface area contributed by atoms with Gasteiger partial charge in [-0.25, -0.2) is 0 Å². The summed E-state index contributed by atoms with van der Waals surface area (Å²) >= 11 is 1.85. The molecule has 0 bridgehead atoms. The first-order valence-electron chi connectivity index (χ1n) is 10.00. The molecule has 0 radical (unpaired) electrons. The fourth-order valence-corrected chi connectivity index (χ4v) is 4.94. The van der Waals surface area contributed by atoms with E-state index in [0.717, 1.165) is 29.2 Å². The van der Waals surface area contributed by atoms with E-state index in [1.54, 1.807) is 6.92 Å². The molecule has 1 aromatic carbocycles. The van der Waals surface area contributed by atoms with E-state index in [4.69, 9.17) is 9.47 Å². The monoisotopic (exact) mass is 429 g/mol. The number of benzene rings is 1. The number of nitrogens with zero attached hydrogens (tertiary/aromatic N) is 1. The molecule has 160 valence electrons. The van der Waals surface area contributed by atoms with Gasteiger partial charge in [-0.15, -0.1) is 0 Å². The Morgan fingerprint density at radius 1 is 1.10 bits per heavy atom. The lowest BCUT2D eigenvalue weighted by Crippen LogP contribution is -2.40. The Hall–Kier alpha value is -2.54. The third-order valence-corrected chi connectivity index (χ3v) is 6.61. The maximum atomic E-state index is 12.8. The fourth-order valence-electron chi connectivity index (χ4n) is 3.85. The topological polar surface area (TPSA) is 72.9 Å². The van der Waals surface area contributed by atoms with Crippen LogP contribution in [0.3, 0.4) is 0 Å². The van der Waals surface area contributed by atoms with Crippen molar-refractivity contribution in [2.24, 2.45) is 0 Å². The molecule has 1 amide bonds. The van der Waals surface area contributed by atoms with Crippen LogP contribution in [0.1, 0.15) is 37.4 Å². The molecule has 1 fully saturated rings. The van der Waals surface area contributed by atoms with Gasteiger partial charge in [0, 0.05) is 42.0 Å². The summed E-state index contributed by atoms with van der Waals surface area (Å²) in [5.41, 5.74) is 2.80. The molecule has 1 unspecified atom stereocenters. The molecule has 7 heteroatoms. The molecule has 1 aliphatic carbocycles. The highest BCUT2D eigenvalue weighted by atomic mass is 32.2. The van der Waals surface area contributed by atoms with Crippen molar-refractivity contribution >= 4 is 29.2 Å². The van der Waals surface area contributed by atoms with Gasteiger partial charge in [-0.3, -0.25) is 14.4 Å². The molecule has 3 rings (SSSR count). The van der Waals surface area contributed by atoms with Crippen LogP contribution in [0.4, 0.5) is 0 Å². The molecule has 0 saturated carbocycles. The second kappa shape index (κ2) is 9.51. The number of ether oxygens (including phenoxy) is 2. The number of hydrogen-bond donors (Lipinski definition) is 0. The van der Waals surface area contributed by atoms with Gasteiger partial charge in [-0.2, -0.15) is 11.8 Å². The van der Waals surface area contributed by atoms with Crippen LogP contribution in [-0.2, 0) is 30.3 Å². The second-order valence-electron chi connectivity index (χ2n) is 7.28. The molecular formula is C23H27NO5S. The van der Waals surface area contributed by atoms with Crippen molar-refractivity contribution in [3.8, 4) is 0 Å². The lowest BCUT2D eigenvalue weighted by Gasteiger charge is -2.35. The third kappa shape index (κ3) is 4.17. The van der Waals surface area contributed by atoms with Gasteiger partial charge in [-0.1, -0.05) is 31.2 Å². The molecule has 1 aromatic rings. The summed E-state index contributed by atoms with van der Waals surface area (Å²) < 4.78 is 10.2. The summed E-state index contributed by atoms with van der Waals surface area (Å²) in [5.74, 6) is 1.27. The zero-order valence-electron chi connectivity index (χ0n) is 17.8. The zero-order chi connectivity index (χ0) is 21.8. The van der Waals surface area contributed by atoms with E-state index < -0.39 is 0 Å². The molecule has 1 aliphatic heterocycles. The van der Waals surface area contributed by atoms with Gasteiger partial charge in [0.2, 0.25) is 29.0 Å². The smallest absolute Gasteiger partial charge is 0.228 e. The number of carbonyl (C=O) groups is 3. The fraction of sp³-hybridized carbons (Fsp3) is 0.435. The molecule has 1 heterocycles. The first-order valence-corrected chi connectivity index (χ1v) is 11.2. The molecular weight excluding hydrogens is 402 g/mol. The van der Waals surface area contributed by atoms with Crippen LogP contribution in [0.5, 0.6) is 0 Å². The Morgan fingerprint density at radius 3 is 2.33 bits per heavy atom. The van der Waals surface area contributed by atoms with Crippen molar-refractivity contribution in [3.63, 3.8) is 0 Å². The second-order valence-corrected chi connectivity index (χ2v) is 8.43. The number of amides is 1. The third-order valence-electron chi connectivity index (χ3n) is 5.59. The van der Waals surface area contributed by atoms with Crippen LogP contribution >= 0.6 is 11.8 Å². The predicted molar refractivity (Wildman–Crippen MR) is 116 cm³/mol. The molecule has 0 N–H and O–H groups in total. The van der Waals surface area contributed by atoms with Gasteiger partial charge in [0.25, 0.3) is 0 Å². The van der Waals surface area contributed by atoms with Gasteiger partial charge >= 0.3 is 0 Å². The number of thioether (sulfide) groups is 1. The highest BCUT2D eigenvalue weighted by Crippen LogP contribution is 2.31. The van der Waals surface area contributed by atoms with Gasteiger partial charge in [0.15, 0.2) is 0 Å². The predicted octanol–water partition coefficient (Wildman–Crippen LogP) is 3.23. The minimum Gasteiger partial charge on any atom is -0.489 e. The summed E-state index contributed by atoms with van der Waals surface area (Å²) in [5, 5.41) is 0. The van der Waals surface area contributed by atoms with Crippen LogP contribution in [0.2, 0.25) is 0 Å². The van der Waals surface area contributed by atoms with Crippen LogP contribution in [0.15, 0.2) is 46.9 Å². The van der Waals surface area contributed by atoms with Crippen molar-refractivity contribution in [2.45, 2.75) is 32.7 Å². The van der Waals surface area contributed by atoms with Crippen molar-refractivity contribution < 1.29 is 23.9 Å². The van der Waals surface area contributed by atoms with E-state index in [-0.39, 0.29) is 35.0 Å². The maximum absolute atomic E-state index is 12.8. The number of allylic oxidation sites excluding steroid dienone is 2. The van der Waals surface area contributed by atoms with Crippen molar-refractivity contribution in [1.82, 2.24) is 4.90 Å². The average molecular weight is 430 g/mol. The highest BCUT2D eigenvalue weighted by molar-refractivity contribution is 7.99. The maximum Gasteiger partial charge on any atom is 0.228 e. The van der Waals surface area contributed by atoms with Crippen LogP contribution < -0.4 is 0 Å².